The van der Waals surface area contributed by atoms with Crippen LogP contribution in [0.15, 0.2) is 40.9 Å². The van der Waals surface area contributed by atoms with Crippen molar-refractivity contribution in [3.8, 4) is 5.75 Å². The second kappa shape index (κ2) is 7.41. The maximum atomic E-state index is 13.6. The molecule has 6 atom stereocenters. The van der Waals surface area contributed by atoms with E-state index in [0.717, 1.165) is 0 Å². The molecule has 0 aliphatic heterocycles. The molecule has 4 rings (SSSR count). The Hall–Kier alpha value is -3.21. The number of carbonyl (C=O) groups is 3. The van der Waals surface area contributed by atoms with Crippen LogP contribution < -0.4 is 11.1 Å². The van der Waals surface area contributed by atoms with Gasteiger partial charge in [-0.3, -0.25) is 19.3 Å². The van der Waals surface area contributed by atoms with Crippen molar-refractivity contribution in [2.75, 3.05) is 21.1 Å². The molecule has 0 radical (unpaired) electrons. The predicted molar refractivity (Wildman–Crippen MR) is 117 cm³/mol. The van der Waals surface area contributed by atoms with E-state index in [-0.39, 0.29) is 16.9 Å². The van der Waals surface area contributed by atoms with Crippen LogP contribution in [-0.2, 0) is 9.59 Å². The van der Waals surface area contributed by atoms with Crippen LogP contribution in [0.5, 0.6) is 5.75 Å². The van der Waals surface area contributed by atoms with Crippen LogP contribution in [0.4, 0.5) is 0 Å². The summed E-state index contributed by atoms with van der Waals surface area (Å²) in [5.74, 6) is -7.11. The molecule has 0 bridgehead atoms. The molecule has 3 aliphatic carbocycles. The van der Waals surface area contributed by atoms with Gasteiger partial charge >= 0.3 is 0 Å². The minimum absolute atomic E-state index is 0.0133. The van der Waals surface area contributed by atoms with E-state index in [9.17, 15) is 34.8 Å². The highest BCUT2D eigenvalue weighted by molar-refractivity contribution is 6.25. The molecule has 0 saturated carbocycles. The summed E-state index contributed by atoms with van der Waals surface area (Å²) in [5.41, 5.74) is 2.86. The third kappa shape index (κ3) is 2.68. The summed E-state index contributed by atoms with van der Waals surface area (Å²) in [7, 11) is 4.52. The number of rotatable bonds is 3. The van der Waals surface area contributed by atoms with E-state index in [0.29, 0.717) is 5.56 Å². The van der Waals surface area contributed by atoms with Gasteiger partial charge in [0.05, 0.1) is 17.7 Å². The number of aromatic hydroxyl groups is 1. The number of nitrogens with two attached hydrogens (primary N) is 1. The molecule has 10 nitrogen and oxygen atoms in total. The molecule has 0 aromatic heterocycles. The van der Waals surface area contributed by atoms with Crippen molar-refractivity contribution in [2.45, 2.75) is 30.5 Å². The Bertz CT molecular complexity index is 1150. The molecule has 3 aliphatic rings. The maximum Gasteiger partial charge on any atom is 0.255 e. The Morgan fingerprint density at radius 2 is 1.82 bits per heavy atom. The van der Waals surface area contributed by atoms with Crippen molar-refractivity contribution in [1.29, 1.82) is 0 Å². The lowest BCUT2D eigenvalue weighted by Gasteiger charge is -2.55. The smallest absolute Gasteiger partial charge is 0.255 e. The average molecular weight is 457 g/mol. The highest BCUT2D eigenvalue weighted by atomic mass is 16.3. The number of likely N-dealkylation sites (N-methyl/N-ethyl adjacent to an activating group) is 2. The molecule has 1 aromatic rings. The van der Waals surface area contributed by atoms with Crippen LogP contribution in [-0.4, -0.2) is 81.6 Å². The maximum absolute atomic E-state index is 13.6. The zero-order valence-electron chi connectivity index (χ0n) is 18.7. The Morgan fingerprint density at radius 3 is 2.36 bits per heavy atom. The van der Waals surface area contributed by atoms with Crippen molar-refractivity contribution in [1.82, 2.24) is 10.2 Å². The number of carbonyl (C=O) groups excluding carboxylic acids is 3. The van der Waals surface area contributed by atoms with E-state index in [1.54, 1.807) is 33.2 Å². The molecule has 0 heterocycles. The van der Waals surface area contributed by atoms with Crippen LogP contribution in [0, 0.1) is 11.8 Å². The van der Waals surface area contributed by atoms with E-state index in [2.05, 4.69) is 5.32 Å². The number of fused-ring (bicyclic) bond motifs is 3. The number of aliphatic hydroxyl groups excluding tert-OH is 3. The number of hydrogen-bond acceptors (Lipinski definition) is 9. The summed E-state index contributed by atoms with van der Waals surface area (Å²) >= 11 is 0. The first-order chi connectivity index (χ1) is 15.4. The van der Waals surface area contributed by atoms with Crippen LogP contribution in [0.2, 0.25) is 0 Å². The summed E-state index contributed by atoms with van der Waals surface area (Å²) in [5, 5.41) is 47.2. The minimum atomic E-state index is -2.10. The fourth-order valence-electron chi connectivity index (χ4n) is 6.01. The number of ketones is 2. The first-order valence-electron chi connectivity index (χ1n) is 10.5. The molecular weight excluding hydrogens is 430 g/mol. The second-order valence-corrected chi connectivity index (χ2v) is 9.08. The van der Waals surface area contributed by atoms with Gasteiger partial charge < -0.3 is 31.5 Å². The Balaban J connectivity index is 2.10. The number of Topliss-reactive ketones (excluding diaryl/α,β-unsaturated/α-hetero) is 2. The number of phenols is 1. The number of hydrogen-bond donors (Lipinski definition) is 6. The number of nitrogens with zero attached hydrogens (tertiary/aromatic N) is 1. The van der Waals surface area contributed by atoms with E-state index < -0.39 is 70.0 Å². The van der Waals surface area contributed by atoms with Gasteiger partial charge in [-0.05, 0) is 38.7 Å². The summed E-state index contributed by atoms with van der Waals surface area (Å²) < 4.78 is 0. The Morgan fingerprint density at radius 1 is 1.18 bits per heavy atom. The number of primary amides is 1. The number of phenolic OH excluding ortho intramolecular Hbond substituents is 1. The fourth-order valence-corrected chi connectivity index (χ4v) is 6.01. The lowest BCUT2D eigenvalue weighted by molar-refractivity contribution is -0.136. The molecule has 2 unspecified atom stereocenters. The number of nitrogens with one attached hydrogen (secondary N) is 1. The highest BCUT2D eigenvalue weighted by Gasteiger charge is 2.67. The number of aliphatic hydroxyl groups is 3. The highest BCUT2D eigenvalue weighted by Crippen LogP contribution is 2.55. The average Bonchev–Trinajstić information content (AvgIpc) is 2.73. The lowest BCUT2D eigenvalue weighted by Crippen LogP contribution is -2.73. The molecule has 1 amide bonds. The van der Waals surface area contributed by atoms with Crippen molar-refractivity contribution in [3.05, 3.63) is 52.0 Å². The van der Waals surface area contributed by atoms with Crippen LogP contribution in [0.25, 0.3) is 0 Å². The SMILES string of the molecule is CNC12C(=O)C(C(N)=O)=C(O)[C@@H](N(C)C)[C@@H]1C(O)[C@H]1C(=C2O)C(=O)c2c(O)cccc2[C@@H]1C. The first kappa shape index (κ1) is 23.0. The largest absolute Gasteiger partial charge is 0.510 e. The standard InChI is InChI=1S/C23H27N3O7/c1-8-9-6-5-7-10(27)12(9)17(28)13-11(8)18(29)15-16(26(3)4)19(30)14(22(24)33)21(32)23(15,25-2)20(13)31/h5-8,11,15-16,18,25,27,29-31H,1-4H3,(H2,24,33)/t8-,11+,15+,16-,18?,23?/m0/s1. The molecule has 0 fully saturated rings. The van der Waals surface area contributed by atoms with E-state index in [1.165, 1.54) is 18.0 Å². The van der Waals surface area contributed by atoms with Gasteiger partial charge in [0.1, 0.15) is 28.4 Å². The minimum Gasteiger partial charge on any atom is -0.510 e. The van der Waals surface area contributed by atoms with Crippen molar-refractivity contribution in [3.63, 3.8) is 0 Å². The Kier molecular flexibility index (Phi) is 5.15. The molecule has 7 N–H and O–H groups in total. The summed E-state index contributed by atoms with van der Waals surface area (Å²) in [4.78, 5) is 40.8. The van der Waals surface area contributed by atoms with Crippen molar-refractivity contribution < 1.29 is 34.8 Å². The zero-order chi connectivity index (χ0) is 24.6. The molecule has 10 heteroatoms. The van der Waals surface area contributed by atoms with E-state index >= 15 is 0 Å². The predicted octanol–water partition coefficient (Wildman–Crippen LogP) is -0.120. The Labute approximate surface area is 190 Å². The molecule has 0 saturated heterocycles. The van der Waals surface area contributed by atoms with Gasteiger partial charge in [-0.2, -0.15) is 0 Å². The van der Waals surface area contributed by atoms with E-state index in [4.69, 9.17) is 5.73 Å². The number of amides is 1. The van der Waals surface area contributed by atoms with Crippen LogP contribution in [0.1, 0.15) is 28.8 Å². The third-order valence-electron chi connectivity index (χ3n) is 7.43. The molecule has 176 valence electrons. The van der Waals surface area contributed by atoms with Gasteiger partial charge in [0.2, 0.25) is 0 Å². The first-order valence-corrected chi connectivity index (χ1v) is 10.5. The molecule has 1 aromatic carbocycles. The summed E-state index contributed by atoms with van der Waals surface area (Å²) in [6, 6.07) is 3.51. The lowest BCUT2D eigenvalue weighted by atomic mass is 9.54. The molecule has 33 heavy (non-hydrogen) atoms. The van der Waals surface area contributed by atoms with Crippen LogP contribution in [0.3, 0.4) is 0 Å². The van der Waals surface area contributed by atoms with Gasteiger partial charge in [0, 0.05) is 17.4 Å². The monoisotopic (exact) mass is 457 g/mol. The summed E-state index contributed by atoms with van der Waals surface area (Å²) in [6.07, 6.45) is -1.40. The molecular formula is C23H27N3O7. The van der Waals surface area contributed by atoms with Gasteiger partial charge in [-0.1, -0.05) is 19.1 Å². The fraction of sp³-hybridized carbons (Fsp3) is 0.435. The van der Waals surface area contributed by atoms with Crippen molar-refractivity contribution >= 4 is 17.5 Å². The summed E-state index contributed by atoms with van der Waals surface area (Å²) in [6.45, 7) is 1.75. The third-order valence-corrected chi connectivity index (χ3v) is 7.43. The normalized spacial score (nSPS) is 33.7. The zero-order valence-corrected chi connectivity index (χ0v) is 18.7. The second-order valence-electron chi connectivity index (χ2n) is 9.08. The van der Waals surface area contributed by atoms with E-state index in [1.807, 2.05) is 0 Å². The van der Waals surface area contributed by atoms with Crippen LogP contribution >= 0.6 is 0 Å². The van der Waals surface area contributed by atoms with Gasteiger partial charge in [0.15, 0.2) is 11.6 Å². The quantitative estimate of drug-likeness (QED) is 0.338. The topological polar surface area (TPSA) is 173 Å². The molecule has 0 spiro atoms. The van der Waals surface area contributed by atoms with Crippen molar-refractivity contribution in [2.24, 2.45) is 17.6 Å². The number of benzene rings is 1. The van der Waals surface area contributed by atoms with Gasteiger partial charge in [-0.25, -0.2) is 0 Å². The van der Waals surface area contributed by atoms with Gasteiger partial charge in [0.25, 0.3) is 5.91 Å². The van der Waals surface area contributed by atoms with Gasteiger partial charge in [-0.15, -0.1) is 0 Å².